The molecule has 1 fully saturated rings. The Kier molecular flexibility index (Phi) is 3.96. The lowest BCUT2D eigenvalue weighted by Gasteiger charge is -2.15. The Morgan fingerprint density at radius 3 is 2.82 bits per heavy atom. The molecule has 0 aliphatic heterocycles. The van der Waals surface area contributed by atoms with Gasteiger partial charge >= 0.3 is 0 Å². The average Bonchev–Trinajstić information content (AvgIpc) is 3.07. The summed E-state index contributed by atoms with van der Waals surface area (Å²) in [4.78, 5) is 0. The van der Waals surface area contributed by atoms with Crippen molar-refractivity contribution < 1.29 is 4.74 Å². The monoisotopic (exact) mass is 313 g/mol. The summed E-state index contributed by atoms with van der Waals surface area (Å²) < 4.78 is 5.82. The van der Waals surface area contributed by atoms with Crippen LogP contribution in [0.5, 0.6) is 5.75 Å². The zero-order valence-electron chi connectivity index (χ0n) is 9.38. The number of alkyl halides is 1. The van der Waals surface area contributed by atoms with Gasteiger partial charge in [-0.2, -0.15) is 5.26 Å². The topological polar surface area (TPSA) is 33.0 Å². The summed E-state index contributed by atoms with van der Waals surface area (Å²) in [7, 11) is 0. The normalized spacial score (nSPS) is 16.3. The predicted molar refractivity (Wildman–Crippen MR) is 71.5 cm³/mol. The third-order valence-corrected chi connectivity index (χ3v) is 4.07. The van der Waals surface area contributed by atoms with E-state index >= 15 is 0 Å². The third kappa shape index (κ3) is 2.94. The molecule has 0 heterocycles. The van der Waals surface area contributed by atoms with Crippen LogP contribution in [0.3, 0.4) is 0 Å². The van der Waals surface area contributed by atoms with E-state index in [1.54, 1.807) is 0 Å². The minimum absolute atomic E-state index is 0.0979. The van der Waals surface area contributed by atoms with Crippen molar-refractivity contribution in [2.24, 2.45) is 5.41 Å². The number of rotatable bonds is 5. The molecule has 0 bridgehead atoms. The van der Waals surface area contributed by atoms with Crippen LogP contribution < -0.4 is 4.74 Å². The van der Waals surface area contributed by atoms with E-state index in [0.717, 1.165) is 24.2 Å². The van der Waals surface area contributed by atoms with Gasteiger partial charge in [-0.05, 0) is 25.0 Å². The van der Waals surface area contributed by atoms with E-state index in [9.17, 15) is 0 Å². The largest absolute Gasteiger partial charge is 0.493 e. The molecule has 17 heavy (non-hydrogen) atoms. The van der Waals surface area contributed by atoms with Gasteiger partial charge in [0.1, 0.15) is 5.75 Å². The van der Waals surface area contributed by atoms with Gasteiger partial charge in [0.2, 0.25) is 0 Å². The Balaban J connectivity index is 2.05. The quantitative estimate of drug-likeness (QED) is 0.759. The molecular weight excluding hydrogens is 302 g/mol. The van der Waals surface area contributed by atoms with Crippen LogP contribution in [-0.4, -0.2) is 6.61 Å². The fraction of sp³-hybridized carbons (Fsp3) is 0.462. The molecule has 90 valence electrons. The van der Waals surface area contributed by atoms with Crippen LogP contribution in [0.25, 0.3) is 0 Å². The van der Waals surface area contributed by atoms with Crippen LogP contribution in [0.4, 0.5) is 0 Å². The summed E-state index contributed by atoms with van der Waals surface area (Å²) in [6.07, 6.45) is 2.76. The SMILES string of the molecule is N#CCC1(COc2cccc(Cl)c2CBr)CC1. The second-order valence-electron chi connectivity index (χ2n) is 4.47. The average molecular weight is 315 g/mol. The first-order chi connectivity index (χ1) is 8.21. The first kappa shape index (κ1) is 12.7. The molecule has 0 aromatic heterocycles. The number of hydrogen-bond donors (Lipinski definition) is 0. The Morgan fingerprint density at radius 2 is 2.24 bits per heavy atom. The highest BCUT2D eigenvalue weighted by Crippen LogP contribution is 2.49. The molecule has 1 aromatic rings. The van der Waals surface area contributed by atoms with Gasteiger partial charge < -0.3 is 4.74 Å². The highest BCUT2D eigenvalue weighted by atomic mass is 79.9. The number of ether oxygens (including phenoxy) is 1. The lowest BCUT2D eigenvalue weighted by molar-refractivity contribution is 0.235. The van der Waals surface area contributed by atoms with Gasteiger partial charge in [0.15, 0.2) is 0 Å². The summed E-state index contributed by atoms with van der Waals surface area (Å²) in [6, 6.07) is 7.89. The van der Waals surface area contributed by atoms with Gasteiger partial charge in [-0.1, -0.05) is 33.6 Å². The number of nitriles is 1. The van der Waals surface area contributed by atoms with Crippen molar-refractivity contribution in [3.8, 4) is 11.8 Å². The van der Waals surface area contributed by atoms with E-state index in [4.69, 9.17) is 21.6 Å². The zero-order chi connectivity index (χ0) is 12.3. The lowest BCUT2D eigenvalue weighted by Crippen LogP contribution is -2.13. The molecule has 0 N–H and O–H groups in total. The van der Waals surface area contributed by atoms with E-state index in [0.29, 0.717) is 23.4 Å². The predicted octanol–water partition coefficient (Wildman–Crippen LogP) is 4.31. The molecule has 0 radical (unpaired) electrons. The summed E-state index contributed by atoms with van der Waals surface area (Å²) >= 11 is 9.50. The number of nitrogens with zero attached hydrogens (tertiary/aromatic N) is 1. The van der Waals surface area contributed by atoms with E-state index in [1.165, 1.54) is 0 Å². The molecule has 0 atom stereocenters. The maximum atomic E-state index is 8.75. The number of halogens is 2. The maximum Gasteiger partial charge on any atom is 0.124 e. The molecule has 0 amide bonds. The maximum absolute atomic E-state index is 8.75. The minimum atomic E-state index is 0.0979. The van der Waals surface area contributed by atoms with Crippen molar-refractivity contribution in [1.82, 2.24) is 0 Å². The van der Waals surface area contributed by atoms with Gasteiger partial charge in [-0.3, -0.25) is 0 Å². The molecule has 1 aliphatic rings. The molecule has 2 nitrogen and oxygen atoms in total. The molecule has 1 saturated carbocycles. The molecule has 2 rings (SSSR count). The summed E-state index contributed by atoms with van der Waals surface area (Å²) in [6.45, 7) is 0.612. The van der Waals surface area contributed by atoms with Gasteiger partial charge in [-0.15, -0.1) is 0 Å². The Bertz CT molecular complexity index is 451. The van der Waals surface area contributed by atoms with Crippen molar-refractivity contribution >= 4 is 27.5 Å². The second kappa shape index (κ2) is 5.29. The molecule has 4 heteroatoms. The van der Waals surface area contributed by atoms with Crippen molar-refractivity contribution in [3.05, 3.63) is 28.8 Å². The van der Waals surface area contributed by atoms with E-state index in [1.807, 2.05) is 18.2 Å². The first-order valence-corrected chi connectivity index (χ1v) is 7.04. The fourth-order valence-corrected chi connectivity index (χ4v) is 2.72. The molecular formula is C13H13BrClNO. The fourth-order valence-electron chi connectivity index (χ4n) is 1.75. The molecule has 1 aromatic carbocycles. The standard InChI is InChI=1S/C13H13BrClNO/c14-8-10-11(15)2-1-3-12(10)17-9-13(4-5-13)6-7-16/h1-3H,4-6,8-9H2. The molecule has 1 aliphatic carbocycles. The van der Waals surface area contributed by atoms with Crippen LogP contribution >= 0.6 is 27.5 Å². The molecule has 0 unspecified atom stereocenters. The van der Waals surface area contributed by atoms with Gasteiger partial charge in [-0.25, -0.2) is 0 Å². The van der Waals surface area contributed by atoms with Crippen LogP contribution in [0, 0.1) is 16.7 Å². The van der Waals surface area contributed by atoms with Gasteiger partial charge in [0.05, 0.1) is 12.7 Å². The number of hydrogen-bond acceptors (Lipinski definition) is 2. The third-order valence-electron chi connectivity index (χ3n) is 3.15. The summed E-state index contributed by atoms with van der Waals surface area (Å²) in [5.74, 6) is 0.818. The highest BCUT2D eigenvalue weighted by Gasteiger charge is 2.43. The zero-order valence-corrected chi connectivity index (χ0v) is 11.7. The van der Waals surface area contributed by atoms with E-state index in [-0.39, 0.29) is 5.41 Å². The first-order valence-electron chi connectivity index (χ1n) is 5.54. The molecule has 0 saturated heterocycles. The van der Waals surface area contributed by atoms with Crippen LogP contribution in [0.2, 0.25) is 5.02 Å². The van der Waals surface area contributed by atoms with Crippen LogP contribution in [-0.2, 0) is 5.33 Å². The minimum Gasteiger partial charge on any atom is -0.493 e. The van der Waals surface area contributed by atoms with Crippen molar-refractivity contribution in [2.75, 3.05) is 6.61 Å². The van der Waals surface area contributed by atoms with Gasteiger partial charge in [0.25, 0.3) is 0 Å². The second-order valence-corrected chi connectivity index (χ2v) is 5.44. The van der Waals surface area contributed by atoms with Crippen molar-refractivity contribution in [3.63, 3.8) is 0 Å². The lowest BCUT2D eigenvalue weighted by atomic mass is 10.1. The highest BCUT2D eigenvalue weighted by molar-refractivity contribution is 9.08. The molecule has 0 spiro atoms. The Labute approximate surface area is 115 Å². The van der Waals surface area contributed by atoms with E-state index in [2.05, 4.69) is 22.0 Å². The van der Waals surface area contributed by atoms with Crippen LogP contribution in [0.1, 0.15) is 24.8 Å². The smallest absolute Gasteiger partial charge is 0.124 e. The summed E-state index contributed by atoms with van der Waals surface area (Å²) in [5.41, 5.74) is 1.07. The van der Waals surface area contributed by atoms with Crippen molar-refractivity contribution in [1.29, 1.82) is 5.26 Å². The number of benzene rings is 1. The Morgan fingerprint density at radius 1 is 1.47 bits per heavy atom. The summed E-state index contributed by atoms with van der Waals surface area (Å²) in [5, 5.41) is 10.1. The Hall–Kier alpha value is -0.720. The van der Waals surface area contributed by atoms with Crippen LogP contribution in [0.15, 0.2) is 18.2 Å². The van der Waals surface area contributed by atoms with Crippen molar-refractivity contribution in [2.45, 2.75) is 24.6 Å². The van der Waals surface area contributed by atoms with Gasteiger partial charge in [0, 0.05) is 27.8 Å². The van der Waals surface area contributed by atoms with E-state index < -0.39 is 0 Å².